The molecule has 4 aromatic rings. The molecule has 9 heteroatoms. The standard InChI is InChI=1S/C32H39N3O5.ClH/c1-32(2,3)23-5-7-24(8-6-23)34-25-9-11-26(12-10-25)40-29-13-14-33-28-22-31(30(38-4)21-27(28)29)39-20-17-35(15-18-36)16-19-37;/h5-14,21-22,34,36-37H,15-20H2,1-4H3;1H. The predicted molar refractivity (Wildman–Crippen MR) is 167 cm³/mol. The van der Waals surface area contributed by atoms with Crippen LogP contribution in [-0.2, 0) is 5.41 Å². The average molecular weight is 582 g/mol. The maximum Gasteiger partial charge on any atom is 0.163 e. The van der Waals surface area contributed by atoms with Crippen LogP contribution in [0.15, 0.2) is 72.9 Å². The Morgan fingerprint density at radius 1 is 0.805 bits per heavy atom. The number of anilines is 2. The van der Waals surface area contributed by atoms with Gasteiger partial charge in [-0.3, -0.25) is 9.88 Å². The van der Waals surface area contributed by atoms with Crippen molar-refractivity contribution in [3.8, 4) is 23.0 Å². The number of hydrogen-bond donors (Lipinski definition) is 3. The molecule has 0 amide bonds. The fourth-order valence-electron chi connectivity index (χ4n) is 4.35. The van der Waals surface area contributed by atoms with Gasteiger partial charge in [0.05, 0.1) is 25.8 Å². The highest BCUT2D eigenvalue weighted by atomic mass is 35.5. The van der Waals surface area contributed by atoms with Crippen LogP contribution >= 0.6 is 12.4 Å². The lowest BCUT2D eigenvalue weighted by molar-refractivity contribution is 0.140. The number of halogens is 1. The van der Waals surface area contributed by atoms with Crippen LogP contribution < -0.4 is 19.5 Å². The van der Waals surface area contributed by atoms with Crippen LogP contribution in [0.1, 0.15) is 26.3 Å². The molecule has 0 atom stereocenters. The lowest BCUT2D eigenvalue weighted by Gasteiger charge is -2.20. The van der Waals surface area contributed by atoms with Crippen molar-refractivity contribution in [1.82, 2.24) is 9.88 Å². The molecule has 0 spiro atoms. The largest absolute Gasteiger partial charge is 0.493 e. The third kappa shape index (κ3) is 8.71. The number of pyridine rings is 1. The number of methoxy groups -OCH3 is 1. The zero-order valence-electron chi connectivity index (χ0n) is 24.1. The van der Waals surface area contributed by atoms with Crippen LogP contribution in [0.4, 0.5) is 11.4 Å². The summed E-state index contributed by atoms with van der Waals surface area (Å²) in [7, 11) is 1.59. The molecular formula is C32H40ClN3O5. The number of fused-ring (bicyclic) bond motifs is 1. The van der Waals surface area contributed by atoms with Crippen molar-refractivity contribution in [2.24, 2.45) is 0 Å². The Morgan fingerprint density at radius 2 is 1.44 bits per heavy atom. The van der Waals surface area contributed by atoms with Crippen molar-refractivity contribution in [3.05, 3.63) is 78.5 Å². The van der Waals surface area contributed by atoms with Crippen LogP contribution in [0.25, 0.3) is 10.9 Å². The second-order valence-electron chi connectivity index (χ2n) is 10.5. The quantitative estimate of drug-likeness (QED) is 0.173. The second-order valence-corrected chi connectivity index (χ2v) is 10.5. The second kappa shape index (κ2) is 14.9. The summed E-state index contributed by atoms with van der Waals surface area (Å²) in [4.78, 5) is 6.43. The van der Waals surface area contributed by atoms with Gasteiger partial charge in [0.15, 0.2) is 11.5 Å². The van der Waals surface area contributed by atoms with Gasteiger partial charge in [-0.25, -0.2) is 0 Å². The summed E-state index contributed by atoms with van der Waals surface area (Å²) in [5.41, 5.74) is 4.13. The molecule has 0 radical (unpaired) electrons. The van der Waals surface area contributed by atoms with Crippen molar-refractivity contribution in [2.45, 2.75) is 26.2 Å². The maximum atomic E-state index is 9.21. The molecule has 0 bridgehead atoms. The molecule has 41 heavy (non-hydrogen) atoms. The summed E-state index contributed by atoms with van der Waals surface area (Å²) >= 11 is 0. The number of aromatic nitrogens is 1. The molecule has 1 aromatic heterocycles. The normalized spacial score (nSPS) is 11.3. The number of aliphatic hydroxyl groups excluding tert-OH is 2. The summed E-state index contributed by atoms with van der Waals surface area (Å²) in [5.74, 6) is 2.50. The Morgan fingerprint density at radius 3 is 2.02 bits per heavy atom. The molecular weight excluding hydrogens is 542 g/mol. The van der Waals surface area contributed by atoms with Gasteiger partial charge in [0.25, 0.3) is 0 Å². The van der Waals surface area contributed by atoms with E-state index in [-0.39, 0.29) is 31.0 Å². The highest BCUT2D eigenvalue weighted by Crippen LogP contribution is 2.37. The number of nitrogens with zero attached hydrogens (tertiary/aromatic N) is 2. The topological polar surface area (TPSA) is 96.3 Å². The van der Waals surface area contributed by atoms with Gasteiger partial charge in [-0.1, -0.05) is 32.9 Å². The fraction of sp³-hybridized carbons (Fsp3) is 0.344. The summed E-state index contributed by atoms with van der Waals surface area (Å²) in [6.07, 6.45) is 1.70. The van der Waals surface area contributed by atoms with E-state index in [1.165, 1.54) is 5.56 Å². The number of aliphatic hydroxyl groups is 2. The Kier molecular flexibility index (Phi) is 11.6. The zero-order chi connectivity index (χ0) is 28.5. The van der Waals surface area contributed by atoms with Gasteiger partial charge in [-0.05, 0) is 59.5 Å². The molecule has 0 aliphatic rings. The SMILES string of the molecule is COc1cc2c(Oc3ccc(Nc4ccc(C(C)(C)C)cc4)cc3)ccnc2cc1OCCN(CCO)CCO.Cl. The minimum Gasteiger partial charge on any atom is -0.493 e. The Hall–Kier alpha value is -3.56. The molecule has 3 N–H and O–H groups in total. The molecule has 0 fully saturated rings. The minimum atomic E-state index is 0. The van der Waals surface area contributed by atoms with E-state index in [2.05, 4.69) is 55.3 Å². The van der Waals surface area contributed by atoms with Crippen molar-refractivity contribution < 1.29 is 24.4 Å². The lowest BCUT2D eigenvalue weighted by Crippen LogP contribution is -2.33. The molecule has 0 saturated heterocycles. The highest BCUT2D eigenvalue weighted by molar-refractivity contribution is 5.88. The summed E-state index contributed by atoms with van der Waals surface area (Å²) in [5, 5.41) is 22.7. The van der Waals surface area contributed by atoms with Crippen LogP contribution in [0, 0.1) is 0 Å². The first-order valence-corrected chi connectivity index (χ1v) is 13.5. The van der Waals surface area contributed by atoms with Gasteiger partial charge in [0.2, 0.25) is 0 Å². The minimum absolute atomic E-state index is 0. The molecule has 1 heterocycles. The van der Waals surface area contributed by atoms with E-state index in [1.54, 1.807) is 13.3 Å². The Bertz CT molecular complexity index is 1370. The molecule has 0 aliphatic heterocycles. The number of benzene rings is 3. The third-order valence-corrected chi connectivity index (χ3v) is 6.61. The van der Waals surface area contributed by atoms with E-state index in [1.807, 2.05) is 47.4 Å². The van der Waals surface area contributed by atoms with Gasteiger partial charge in [0.1, 0.15) is 18.1 Å². The van der Waals surface area contributed by atoms with E-state index >= 15 is 0 Å². The summed E-state index contributed by atoms with van der Waals surface area (Å²) in [6.45, 7) is 8.56. The fourth-order valence-corrected chi connectivity index (χ4v) is 4.35. The van der Waals surface area contributed by atoms with Crippen molar-refractivity contribution in [1.29, 1.82) is 0 Å². The monoisotopic (exact) mass is 581 g/mol. The third-order valence-electron chi connectivity index (χ3n) is 6.61. The van der Waals surface area contributed by atoms with Gasteiger partial charge >= 0.3 is 0 Å². The van der Waals surface area contributed by atoms with Crippen molar-refractivity contribution >= 4 is 34.7 Å². The molecule has 8 nitrogen and oxygen atoms in total. The maximum absolute atomic E-state index is 9.21. The molecule has 0 unspecified atom stereocenters. The number of ether oxygens (including phenoxy) is 3. The summed E-state index contributed by atoms with van der Waals surface area (Å²) < 4.78 is 17.8. The molecule has 3 aromatic carbocycles. The molecule has 4 rings (SSSR count). The number of nitrogens with one attached hydrogen (secondary N) is 1. The Labute approximate surface area is 248 Å². The number of rotatable bonds is 13. The first kappa shape index (κ1) is 32.0. The molecule has 0 saturated carbocycles. The lowest BCUT2D eigenvalue weighted by atomic mass is 9.87. The van der Waals surface area contributed by atoms with Crippen LogP contribution in [0.3, 0.4) is 0 Å². The van der Waals surface area contributed by atoms with E-state index in [0.717, 1.165) is 16.8 Å². The van der Waals surface area contributed by atoms with Crippen molar-refractivity contribution in [3.63, 3.8) is 0 Å². The molecule has 220 valence electrons. The van der Waals surface area contributed by atoms with E-state index < -0.39 is 0 Å². The first-order chi connectivity index (χ1) is 19.3. The molecule has 0 aliphatic carbocycles. The van der Waals surface area contributed by atoms with Gasteiger partial charge < -0.3 is 29.7 Å². The predicted octanol–water partition coefficient (Wildman–Crippen LogP) is 6.16. The van der Waals surface area contributed by atoms with Crippen LogP contribution in [-0.4, -0.2) is 66.7 Å². The first-order valence-electron chi connectivity index (χ1n) is 13.5. The Balaban J connectivity index is 0.00000462. The highest BCUT2D eigenvalue weighted by Gasteiger charge is 2.14. The van der Waals surface area contributed by atoms with Crippen LogP contribution in [0.5, 0.6) is 23.0 Å². The van der Waals surface area contributed by atoms with E-state index in [4.69, 9.17) is 14.2 Å². The van der Waals surface area contributed by atoms with Crippen molar-refractivity contribution in [2.75, 3.05) is 51.9 Å². The zero-order valence-corrected chi connectivity index (χ0v) is 24.9. The van der Waals surface area contributed by atoms with E-state index in [0.29, 0.717) is 54.8 Å². The van der Waals surface area contributed by atoms with Gasteiger partial charge in [-0.15, -0.1) is 12.4 Å². The smallest absolute Gasteiger partial charge is 0.163 e. The average Bonchev–Trinajstić information content (AvgIpc) is 2.94. The van der Waals surface area contributed by atoms with Gasteiger partial charge in [0, 0.05) is 48.7 Å². The summed E-state index contributed by atoms with van der Waals surface area (Å²) in [6, 6.07) is 21.9. The number of hydrogen-bond acceptors (Lipinski definition) is 8. The van der Waals surface area contributed by atoms with E-state index in [9.17, 15) is 10.2 Å². The van der Waals surface area contributed by atoms with Crippen LogP contribution in [0.2, 0.25) is 0 Å². The van der Waals surface area contributed by atoms with Gasteiger partial charge in [-0.2, -0.15) is 0 Å².